The predicted molar refractivity (Wildman–Crippen MR) is 98.4 cm³/mol. The van der Waals surface area contributed by atoms with Crippen LogP contribution in [0.25, 0.3) is 0 Å². The Kier molecular flexibility index (Phi) is 5.28. The molecule has 6 heteroatoms. The first-order valence-corrected chi connectivity index (χ1v) is 8.94. The van der Waals surface area contributed by atoms with Crippen LogP contribution < -0.4 is 5.32 Å². The normalized spacial score (nSPS) is 17.2. The molecular weight excluding hydrogens is 355 g/mol. The number of carbonyl (C=O) groups excluding carboxylic acids is 2. The van der Waals surface area contributed by atoms with E-state index in [1.165, 1.54) is 23.1 Å². The highest BCUT2D eigenvalue weighted by Crippen LogP contribution is 2.36. The van der Waals surface area contributed by atoms with Gasteiger partial charge in [-0.2, -0.15) is 0 Å². The van der Waals surface area contributed by atoms with Gasteiger partial charge in [-0.1, -0.05) is 42.8 Å². The summed E-state index contributed by atoms with van der Waals surface area (Å²) in [5.74, 6) is -0.901. The van der Waals surface area contributed by atoms with E-state index >= 15 is 0 Å². The van der Waals surface area contributed by atoms with E-state index < -0.39 is 11.9 Å². The molecule has 0 fully saturated rings. The van der Waals surface area contributed by atoms with Gasteiger partial charge in [-0.05, 0) is 42.7 Å². The summed E-state index contributed by atoms with van der Waals surface area (Å²) in [5.41, 5.74) is 1.78. The van der Waals surface area contributed by atoms with E-state index in [0.717, 1.165) is 6.42 Å². The van der Waals surface area contributed by atoms with Crippen LogP contribution in [0.3, 0.4) is 0 Å². The molecule has 0 bridgehead atoms. The van der Waals surface area contributed by atoms with Crippen molar-refractivity contribution in [1.82, 2.24) is 10.2 Å². The highest BCUT2D eigenvalue weighted by Gasteiger charge is 2.41. The van der Waals surface area contributed by atoms with Gasteiger partial charge in [0, 0.05) is 23.2 Å². The van der Waals surface area contributed by atoms with E-state index in [1.54, 1.807) is 18.2 Å². The third-order valence-corrected chi connectivity index (χ3v) is 5.02. The lowest BCUT2D eigenvalue weighted by Crippen LogP contribution is -2.42. The molecule has 2 aromatic carbocycles. The monoisotopic (exact) mass is 374 g/mol. The third-order valence-electron chi connectivity index (χ3n) is 4.66. The molecule has 2 amide bonds. The highest BCUT2D eigenvalue weighted by molar-refractivity contribution is 6.31. The Bertz CT molecular complexity index is 855. The summed E-state index contributed by atoms with van der Waals surface area (Å²) in [7, 11) is 0. The molecule has 3 rings (SSSR count). The molecule has 4 nitrogen and oxygen atoms in total. The van der Waals surface area contributed by atoms with Crippen LogP contribution in [0.15, 0.2) is 42.5 Å². The van der Waals surface area contributed by atoms with Crippen molar-refractivity contribution in [1.29, 1.82) is 0 Å². The maximum Gasteiger partial charge on any atom is 0.255 e. The van der Waals surface area contributed by atoms with Crippen molar-refractivity contribution in [3.05, 3.63) is 70.0 Å². The summed E-state index contributed by atoms with van der Waals surface area (Å²) < 4.78 is 13.3. The van der Waals surface area contributed by atoms with Gasteiger partial charge in [-0.3, -0.25) is 9.59 Å². The van der Waals surface area contributed by atoms with Gasteiger partial charge in [-0.25, -0.2) is 4.39 Å². The molecule has 2 atom stereocenters. The van der Waals surface area contributed by atoms with E-state index in [2.05, 4.69) is 5.32 Å². The Morgan fingerprint density at radius 1 is 1.31 bits per heavy atom. The zero-order valence-electron chi connectivity index (χ0n) is 14.6. The van der Waals surface area contributed by atoms with E-state index in [1.807, 2.05) is 19.9 Å². The Morgan fingerprint density at radius 3 is 2.73 bits per heavy atom. The van der Waals surface area contributed by atoms with Crippen LogP contribution >= 0.6 is 11.6 Å². The van der Waals surface area contributed by atoms with Crippen LogP contribution in [0.5, 0.6) is 0 Å². The van der Waals surface area contributed by atoms with Crippen molar-refractivity contribution >= 4 is 23.4 Å². The lowest BCUT2D eigenvalue weighted by Gasteiger charge is -2.26. The SMILES string of the molecule is CCC(C)NC(=O)C1c2ccccc2C(=O)N1Cc1ccc(F)cc1Cl. The van der Waals surface area contributed by atoms with Crippen LogP contribution in [0.2, 0.25) is 5.02 Å². The molecule has 0 aliphatic carbocycles. The molecule has 0 saturated carbocycles. The molecule has 0 aromatic heterocycles. The van der Waals surface area contributed by atoms with Crippen molar-refractivity contribution in [2.24, 2.45) is 0 Å². The summed E-state index contributed by atoms with van der Waals surface area (Å²) in [4.78, 5) is 27.2. The second-order valence-corrected chi connectivity index (χ2v) is 6.88. The first-order chi connectivity index (χ1) is 12.4. The second kappa shape index (κ2) is 7.46. The number of benzene rings is 2. The van der Waals surface area contributed by atoms with Gasteiger partial charge in [0.1, 0.15) is 11.9 Å². The summed E-state index contributed by atoms with van der Waals surface area (Å²) in [6.45, 7) is 4.03. The second-order valence-electron chi connectivity index (χ2n) is 6.48. The number of carbonyl (C=O) groups is 2. The largest absolute Gasteiger partial charge is 0.352 e. The molecule has 136 valence electrons. The quantitative estimate of drug-likeness (QED) is 0.856. The lowest BCUT2D eigenvalue weighted by molar-refractivity contribution is -0.126. The van der Waals surface area contributed by atoms with Crippen LogP contribution in [0, 0.1) is 5.82 Å². The molecule has 26 heavy (non-hydrogen) atoms. The van der Waals surface area contributed by atoms with Crippen molar-refractivity contribution in [2.45, 2.75) is 38.9 Å². The fraction of sp³-hybridized carbons (Fsp3) is 0.300. The third kappa shape index (κ3) is 3.44. The van der Waals surface area contributed by atoms with Crippen molar-refractivity contribution in [2.75, 3.05) is 0 Å². The molecule has 1 N–H and O–H groups in total. The van der Waals surface area contributed by atoms with Crippen molar-refractivity contribution < 1.29 is 14.0 Å². The fourth-order valence-corrected chi connectivity index (χ4v) is 3.30. The molecule has 1 aliphatic rings. The predicted octanol–water partition coefficient (Wildman–Crippen LogP) is 4.09. The van der Waals surface area contributed by atoms with Crippen molar-refractivity contribution in [3.63, 3.8) is 0 Å². The van der Waals surface area contributed by atoms with Crippen LogP contribution in [0.1, 0.15) is 47.8 Å². The minimum Gasteiger partial charge on any atom is -0.352 e. The Morgan fingerprint density at radius 2 is 2.04 bits per heavy atom. The number of halogens is 2. The van der Waals surface area contributed by atoms with Gasteiger partial charge < -0.3 is 10.2 Å². The van der Waals surface area contributed by atoms with Crippen LogP contribution in [-0.4, -0.2) is 22.8 Å². The molecule has 2 unspecified atom stereocenters. The Hall–Kier alpha value is -2.40. The van der Waals surface area contributed by atoms with Crippen LogP contribution in [0.4, 0.5) is 4.39 Å². The molecule has 2 aromatic rings. The molecule has 0 radical (unpaired) electrons. The fourth-order valence-electron chi connectivity index (χ4n) is 3.07. The maximum absolute atomic E-state index is 13.3. The molecule has 1 aliphatic heterocycles. The average Bonchev–Trinajstić information content (AvgIpc) is 2.90. The van der Waals surface area contributed by atoms with Gasteiger partial charge >= 0.3 is 0 Å². The number of nitrogens with one attached hydrogen (secondary N) is 1. The average molecular weight is 375 g/mol. The van der Waals surface area contributed by atoms with E-state index in [4.69, 9.17) is 11.6 Å². The lowest BCUT2D eigenvalue weighted by atomic mass is 10.0. The summed E-state index contributed by atoms with van der Waals surface area (Å²) >= 11 is 6.12. The van der Waals surface area contributed by atoms with Gasteiger partial charge in [-0.15, -0.1) is 0 Å². The van der Waals surface area contributed by atoms with Crippen LogP contribution in [-0.2, 0) is 11.3 Å². The van der Waals surface area contributed by atoms with Gasteiger partial charge in [0.2, 0.25) is 5.91 Å². The molecule has 1 heterocycles. The first kappa shape index (κ1) is 18.4. The zero-order chi connectivity index (χ0) is 18.8. The minimum atomic E-state index is -0.728. The van der Waals surface area contributed by atoms with Gasteiger partial charge in [0.05, 0.1) is 0 Å². The Balaban J connectivity index is 1.96. The number of amides is 2. The van der Waals surface area contributed by atoms with Gasteiger partial charge in [0.15, 0.2) is 0 Å². The summed E-state index contributed by atoms with van der Waals surface area (Å²) in [5, 5.41) is 3.18. The Labute approximate surface area is 157 Å². The molecule has 0 saturated heterocycles. The summed E-state index contributed by atoms with van der Waals surface area (Å²) in [6, 6.07) is 10.4. The first-order valence-electron chi connectivity index (χ1n) is 8.56. The molecular formula is C20H20ClFN2O2. The zero-order valence-corrected chi connectivity index (χ0v) is 15.4. The van der Waals surface area contributed by atoms with E-state index in [-0.39, 0.29) is 29.4 Å². The number of fused-ring (bicyclic) bond motifs is 1. The van der Waals surface area contributed by atoms with Gasteiger partial charge in [0.25, 0.3) is 5.91 Å². The molecule has 0 spiro atoms. The number of hydrogen-bond acceptors (Lipinski definition) is 2. The summed E-state index contributed by atoms with van der Waals surface area (Å²) in [6.07, 6.45) is 0.790. The number of rotatable bonds is 5. The van der Waals surface area contributed by atoms with E-state index in [9.17, 15) is 14.0 Å². The number of hydrogen-bond donors (Lipinski definition) is 1. The minimum absolute atomic E-state index is 0.00150. The maximum atomic E-state index is 13.3. The topological polar surface area (TPSA) is 49.4 Å². The standard InChI is InChI=1S/C20H20ClFN2O2/c1-3-12(2)23-19(25)18-15-6-4-5-7-16(15)20(26)24(18)11-13-8-9-14(22)10-17(13)21/h4-10,12,18H,3,11H2,1-2H3,(H,23,25). The smallest absolute Gasteiger partial charge is 0.255 e. The highest BCUT2D eigenvalue weighted by atomic mass is 35.5. The van der Waals surface area contributed by atoms with Crippen molar-refractivity contribution in [3.8, 4) is 0 Å². The van der Waals surface area contributed by atoms with E-state index in [0.29, 0.717) is 16.7 Å². The number of nitrogens with zero attached hydrogens (tertiary/aromatic N) is 1.